The minimum Gasteiger partial charge on any atom is -0.330 e. The van der Waals surface area contributed by atoms with Crippen LogP contribution in [0.25, 0.3) is 5.69 Å². The lowest BCUT2D eigenvalue weighted by atomic mass is 9.85. The highest BCUT2D eigenvalue weighted by Crippen LogP contribution is 2.22. The molecule has 16 heavy (non-hydrogen) atoms. The number of nitrogens with two attached hydrogens (primary N) is 1. The minimum atomic E-state index is 0.0508. The summed E-state index contributed by atoms with van der Waals surface area (Å²) >= 11 is 0. The smallest absolute Gasteiger partial charge is 0.0449 e. The van der Waals surface area contributed by atoms with E-state index < -0.39 is 0 Å². The van der Waals surface area contributed by atoms with E-state index in [1.807, 2.05) is 24.5 Å². The predicted molar refractivity (Wildman–Crippen MR) is 67.8 cm³/mol. The molecule has 2 heteroatoms. The second kappa shape index (κ2) is 4.14. The van der Waals surface area contributed by atoms with Gasteiger partial charge in [-0.1, -0.05) is 26.0 Å². The van der Waals surface area contributed by atoms with Crippen LogP contribution in [0.5, 0.6) is 0 Å². The van der Waals surface area contributed by atoms with Crippen molar-refractivity contribution in [3.8, 4) is 5.69 Å². The van der Waals surface area contributed by atoms with Crippen molar-refractivity contribution in [3.05, 3.63) is 54.4 Å². The Kier molecular flexibility index (Phi) is 2.84. The Morgan fingerprint density at radius 3 is 2.12 bits per heavy atom. The van der Waals surface area contributed by atoms with E-state index in [1.54, 1.807) is 0 Å². The van der Waals surface area contributed by atoms with Gasteiger partial charge in [0.1, 0.15) is 0 Å². The van der Waals surface area contributed by atoms with E-state index in [9.17, 15) is 0 Å². The van der Waals surface area contributed by atoms with Gasteiger partial charge in [-0.25, -0.2) is 0 Å². The third-order valence-corrected chi connectivity index (χ3v) is 3.06. The summed E-state index contributed by atoms with van der Waals surface area (Å²) in [4.78, 5) is 0. The van der Waals surface area contributed by atoms with Crippen LogP contribution in [0.1, 0.15) is 19.4 Å². The van der Waals surface area contributed by atoms with Gasteiger partial charge in [-0.15, -0.1) is 0 Å². The van der Waals surface area contributed by atoms with Crippen LogP contribution in [-0.4, -0.2) is 11.1 Å². The van der Waals surface area contributed by atoms with Crippen LogP contribution in [0.15, 0.2) is 48.8 Å². The van der Waals surface area contributed by atoms with E-state index in [0.717, 1.165) is 0 Å². The van der Waals surface area contributed by atoms with E-state index >= 15 is 0 Å². The highest BCUT2D eigenvalue weighted by molar-refractivity contribution is 5.37. The zero-order valence-corrected chi connectivity index (χ0v) is 9.85. The SMILES string of the molecule is CC(C)(CN)c1ccc(-n2cccc2)cc1. The molecule has 0 fully saturated rings. The standard InChI is InChI=1S/C14H18N2/c1-14(2,11-15)12-5-7-13(8-6-12)16-9-3-4-10-16/h3-10H,11,15H2,1-2H3. The maximum absolute atomic E-state index is 5.77. The Bertz CT molecular complexity index is 438. The van der Waals surface area contributed by atoms with Gasteiger partial charge in [0, 0.05) is 30.0 Å². The molecule has 0 saturated heterocycles. The maximum Gasteiger partial charge on any atom is 0.0449 e. The van der Waals surface area contributed by atoms with Crippen LogP contribution in [0.4, 0.5) is 0 Å². The normalized spacial score (nSPS) is 11.7. The van der Waals surface area contributed by atoms with Crippen molar-refractivity contribution in [3.63, 3.8) is 0 Å². The number of rotatable bonds is 3. The molecule has 2 nitrogen and oxygen atoms in total. The van der Waals surface area contributed by atoms with Crippen LogP contribution < -0.4 is 5.73 Å². The zero-order valence-electron chi connectivity index (χ0n) is 9.85. The molecule has 2 aromatic rings. The average molecular weight is 214 g/mol. The van der Waals surface area contributed by atoms with Gasteiger partial charge in [0.05, 0.1) is 0 Å². The lowest BCUT2D eigenvalue weighted by Gasteiger charge is -2.23. The van der Waals surface area contributed by atoms with Crippen LogP contribution in [0, 0.1) is 0 Å². The molecule has 0 bridgehead atoms. The zero-order chi connectivity index (χ0) is 11.6. The fraction of sp³-hybridized carbons (Fsp3) is 0.286. The molecule has 1 heterocycles. The third-order valence-electron chi connectivity index (χ3n) is 3.06. The van der Waals surface area contributed by atoms with E-state index in [-0.39, 0.29) is 5.41 Å². The Morgan fingerprint density at radius 1 is 1.06 bits per heavy atom. The van der Waals surface area contributed by atoms with Gasteiger partial charge in [0.15, 0.2) is 0 Å². The fourth-order valence-electron chi connectivity index (χ4n) is 1.71. The largest absolute Gasteiger partial charge is 0.330 e. The second-order valence-electron chi connectivity index (χ2n) is 4.73. The van der Waals surface area contributed by atoms with Crippen molar-refractivity contribution in [1.29, 1.82) is 0 Å². The van der Waals surface area contributed by atoms with Gasteiger partial charge in [-0.2, -0.15) is 0 Å². The van der Waals surface area contributed by atoms with Crippen LogP contribution in [-0.2, 0) is 5.41 Å². The van der Waals surface area contributed by atoms with Crippen LogP contribution in [0.2, 0.25) is 0 Å². The van der Waals surface area contributed by atoms with Crippen molar-refractivity contribution < 1.29 is 0 Å². The Labute approximate surface area is 96.7 Å². The van der Waals surface area contributed by atoms with E-state index in [1.165, 1.54) is 11.3 Å². The molecule has 0 aliphatic rings. The van der Waals surface area contributed by atoms with Gasteiger partial charge < -0.3 is 10.3 Å². The molecular weight excluding hydrogens is 196 g/mol. The molecule has 0 aliphatic heterocycles. The van der Waals surface area contributed by atoms with Crippen molar-refractivity contribution in [2.24, 2.45) is 5.73 Å². The molecular formula is C14H18N2. The number of hydrogen-bond acceptors (Lipinski definition) is 1. The molecule has 0 aliphatic carbocycles. The monoisotopic (exact) mass is 214 g/mol. The van der Waals surface area contributed by atoms with Crippen molar-refractivity contribution in [2.45, 2.75) is 19.3 Å². The number of nitrogens with zero attached hydrogens (tertiary/aromatic N) is 1. The highest BCUT2D eigenvalue weighted by atomic mass is 14.9. The molecule has 0 radical (unpaired) electrons. The van der Waals surface area contributed by atoms with E-state index in [0.29, 0.717) is 6.54 Å². The summed E-state index contributed by atoms with van der Waals surface area (Å²) in [7, 11) is 0. The first kappa shape index (κ1) is 11.0. The summed E-state index contributed by atoms with van der Waals surface area (Å²) < 4.78 is 2.10. The summed E-state index contributed by atoms with van der Waals surface area (Å²) in [6.07, 6.45) is 4.09. The minimum absolute atomic E-state index is 0.0508. The number of benzene rings is 1. The van der Waals surface area contributed by atoms with Gasteiger partial charge in [-0.05, 0) is 29.8 Å². The molecule has 1 aromatic heterocycles. The van der Waals surface area contributed by atoms with Crippen molar-refractivity contribution >= 4 is 0 Å². The first-order valence-electron chi connectivity index (χ1n) is 5.57. The molecule has 84 valence electrons. The topological polar surface area (TPSA) is 30.9 Å². The van der Waals surface area contributed by atoms with Crippen LogP contribution in [0.3, 0.4) is 0 Å². The summed E-state index contributed by atoms with van der Waals surface area (Å²) in [5.41, 5.74) is 8.28. The highest BCUT2D eigenvalue weighted by Gasteiger charge is 2.17. The van der Waals surface area contributed by atoms with Gasteiger partial charge in [0.2, 0.25) is 0 Å². The van der Waals surface area contributed by atoms with Crippen molar-refractivity contribution in [1.82, 2.24) is 4.57 Å². The number of aromatic nitrogens is 1. The number of hydrogen-bond donors (Lipinski definition) is 1. The summed E-state index contributed by atoms with van der Waals surface area (Å²) in [5, 5.41) is 0. The molecule has 2 rings (SSSR count). The molecule has 0 unspecified atom stereocenters. The lowest BCUT2D eigenvalue weighted by molar-refractivity contribution is 0.539. The Morgan fingerprint density at radius 2 is 1.62 bits per heavy atom. The molecule has 2 N–H and O–H groups in total. The molecule has 0 amide bonds. The Hall–Kier alpha value is -1.54. The molecule has 1 aromatic carbocycles. The average Bonchev–Trinajstić information content (AvgIpc) is 2.83. The fourth-order valence-corrected chi connectivity index (χ4v) is 1.71. The summed E-state index contributed by atoms with van der Waals surface area (Å²) in [5.74, 6) is 0. The molecule has 0 atom stereocenters. The van der Waals surface area contributed by atoms with E-state index in [2.05, 4.69) is 42.7 Å². The Balaban J connectivity index is 2.30. The summed E-state index contributed by atoms with van der Waals surface area (Å²) in [6, 6.07) is 12.6. The van der Waals surface area contributed by atoms with Crippen molar-refractivity contribution in [2.75, 3.05) is 6.54 Å². The van der Waals surface area contributed by atoms with Gasteiger partial charge in [0.25, 0.3) is 0 Å². The first-order chi connectivity index (χ1) is 7.63. The van der Waals surface area contributed by atoms with E-state index in [4.69, 9.17) is 5.73 Å². The third kappa shape index (κ3) is 2.02. The maximum atomic E-state index is 5.77. The quantitative estimate of drug-likeness (QED) is 0.836. The lowest BCUT2D eigenvalue weighted by Crippen LogP contribution is -2.27. The van der Waals surface area contributed by atoms with Crippen LogP contribution >= 0.6 is 0 Å². The van der Waals surface area contributed by atoms with Gasteiger partial charge in [-0.3, -0.25) is 0 Å². The van der Waals surface area contributed by atoms with Gasteiger partial charge >= 0.3 is 0 Å². The summed E-state index contributed by atoms with van der Waals surface area (Å²) in [6.45, 7) is 4.99. The predicted octanol–water partition coefficient (Wildman–Crippen LogP) is 2.71. The molecule has 0 spiro atoms. The first-order valence-corrected chi connectivity index (χ1v) is 5.57. The second-order valence-corrected chi connectivity index (χ2v) is 4.73. The molecule has 0 saturated carbocycles.